The van der Waals surface area contributed by atoms with Crippen LogP contribution in [0.4, 0.5) is 4.79 Å². The van der Waals surface area contributed by atoms with Crippen LogP contribution in [0.25, 0.3) is 0 Å². The number of carbonyl (C=O) groups excluding carboxylic acids is 3. The standard InChI is InChI=1S/C17H23N3O4S/c1-2-24-17(23)19-7-5-13(6-8-19)18-15(21)12-10-20(11-12)16(22)14-4-3-9-25-14/h3-4,9,12-13H,2,5-8,10-11H2,1H3,(H,18,21). The van der Waals surface area contributed by atoms with E-state index in [1.807, 2.05) is 11.4 Å². The molecule has 3 amide bonds. The van der Waals surface area contributed by atoms with Crippen LogP contribution in [0.5, 0.6) is 0 Å². The summed E-state index contributed by atoms with van der Waals surface area (Å²) < 4.78 is 4.99. The highest BCUT2D eigenvalue weighted by atomic mass is 32.1. The van der Waals surface area contributed by atoms with Crippen molar-refractivity contribution in [3.05, 3.63) is 22.4 Å². The van der Waals surface area contributed by atoms with Crippen molar-refractivity contribution >= 4 is 29.2 Å². The quantitative estimate of drug-likeness (QED) is 0.878. The molecule has 0 aliphatic carbocycles. The number of rotatable bonds is 4. The van der Waals surface area contributed by atoms with Crippen molar-refractivity contribution in [1.82, 2.24) is 15.1 Å². The molecule has 1 aromatic heterocycles. The molecule has 0 spiro atoms. The van der Waals surface area contributed by atoms with Gasteiger partial charge in [-0.2, -0.15) is 0 Å². The average Bonchev–Trinajstić information content (AvgIpc) is 3.08. The van der Waals surface area contributed by atoms with Crippen LogP contribution in [-0.4, -0.2) is 66.5 Å². The highest BCUT2D eigenvalue weighted by Gasteiger charge is 2.37. The van der Waals surface area contributed by atoms with Gasteiger partial charge in [-0.05, 0) is 31.2 Å². The fraction of sp³-hybridized carbons (Fsp3) is 0.588. The molecule has 2 fully saturated rings. The second-order valence-corrected chi connectivity index (χ2v) is 7.30. The summed E-state index contributed by atoms with van der Waals surface area (Å²) in [5.74, 6) is -0.126. The van der Waals surface area contributed by atoms with Crippen LogP contribution < -0.4 is 5.32 Å². The number of piperidine rings is 1. The molecule has 1 N–H and O–H groups in total. The van der Waals surface area contributed by atoms with E-state index in [0.717, 1.165) is 12.8 Å². The van der Waals surface area contributed by atoms with Crippen LogP contribution in [0.1, 0.15) is 29.4 Å². The van der Waals surface area contributed by atoms with Gasteiger partial charge in [0.25, 0.3) is 5.91 Å². The molecule has 3 rings (SSSR count). The van der Waals surface area contributed by atoms with Crippen molar-refractivity contribution in [1.29, 1.82) is 0 Å². The normalized spacial score (nSPS) is 18.6. The predicted octanol–water partition coefficient (Wildman–Crippen LogP) is 1.56. The zero-order valence-electron chi connectivity index (χ0n) is 14.3. The Labute approximate surface area is 150 Å². The third-order valence-corrected chi connectivity index (χ3v) is 5.50. The number of hydrogen-bond acceptors (Lipinski definition) is 5. The Morgan fingerprint density at radius 2 is 1.96 bits per heavy atom. The molecular weight excluding hydrogens is 342 g/mol. The first-order valence-corrected chi connectivity index (χ1v) is 9.51. The van der Waals surface area contributed by atoms with E-state index in [2.05, 4.69) is 5.32 Å². The third-order valence-electron chi connectivity index (χ3n) is 4.64. The van der Waals surface area contributed by atoms with Crippen molar-refractivity contribution in [2.45, 2.75) is 25.8 Å². The van der Waals surface area contributed by atoms with Gasteiger partial charge in [0.1, 0.15) is 0 Å². The minimum absolute atomic E-state index is 0.00166. The van der Waals surface area contributed by atoms with E-state index >= 15 is 0 Å². The Bertz CT molecular complexity index is 620. The predicted molar refractivity (Wildman–Crippen MR) is 93.5 cm³/mol. The molecule has 0 saturated carbocycles. The van der Waals surface area contributed by atoms with Crippen LogP contribution in [0.3, 0.4) is 0 Å². The molecule has 2 aliphatic rings. The van der Waals surface area contributed by atoms with Gasteiger partial charge in [0.2, 0.25) is 5.91 Å². The first-order chi connectivity index (χ1) is 12.1. The molecule has 136 valence electrons. The van der Waals surface area contributed by atoms with Gasteiger partial charge in [-0.25, -0.2) is 4.79 Å². The number of carbonyl (C=O) groups is 3. The van der Waals surface area contributed by atoms with Gasteiger partial charge in [0.05, 0.1) is 17.4 Å². The lowest BCUT2D eigenvalue weighted by molar-refractivity contribution is -0.130. The molecule has 2 saturated heterocycles. The van der Waals surface area contributed by atoms with Gasteiger partial charge in [0, 0.05) is 32.2 Å². The SMILES string of the molecule is CCOC(=O)N1CCC(NC(=O)C2CN(C(=O)c3cccs3)C2)CC1. The highest BCUT2D eigenvalue weighted by molar-refractivity contribution is 7.12. The Morgan fingerprint density at radius 1 is 1.24 bits per heavy atom. The zero-order chi connectivity index (χ0) is 17.8. The Hall–Kier alpha value is -2.09. The van der Waals surface area contributed by atoms with Crippen molar-refractivity contribution < 1.29 is 19.1 Å². The van der Waals surface area contributed by atoms with E-state index < -0.39 is 0 Å². The molecule has 25 heavy (non-hydrogen) atoms. The molecule has 0 bridgehead atoms. The number of likely N-dealkylation sites (tertiary alicyclic amines) is 2. The van der Waals surface area contributed by atoms with E-state index in [-0.39, 0.29) is 29.9 Å². The summed E-state index contributed by atoms with van der Waals surface area (Å²) in [7, 11) is 0. The minimum Gasteiger partial charge on any atom is -0.450 e. The van der Waals surface area contributed by atoms with E-state index in [1.165, 1.54) is 11.3 Å². The number of hydrogen-bond donors (Lipinski definition) is 1. The number of ether oxygens (including phenoxy) is 1. The van der Waals surface area contributed by atoms with Crippen LogP contribution in [0.2, 0.25) is 0 Å². The maximum atomic E-state index is 12.3. The molecule has 8 heteroatoms. The fourth-order valence-electron chi connectivity index (χ4n) is 3.11. The summed E-state index contributed by atoms with van der Waals surface area (Å²) in [6.45, 7) is 4.30. The molecule has 2 aliphatic heterocycles. The summed E-state index contributed by atoms with van der Waals surface area (Å²) in [5, 5.41) is 4.93. The fourth-order valence-corrected chi connectivity index (χ4v) is 3.80. The molecule has 0 unspecified atom stereocenters. The number of thiophene rings is 1. The first kappa shape index (κ1) is 17.7. The summed E-state index contributed by atoms with van der Waals surface area (Å²) in [6, 6.07) is 3.74. The van der Waals surface area contributed by atoms with Gasteiger partial charge in [0.15, 0.2) is 0 Å². The summed E-state index contributed by atoms with van der Waals surface area (Å²) in [5.41, 5.74) is 0. The van der Waals surface area contributed by atoms with Crippen LogP contribution in [0.15, 0.2) is 17.5 Å². The smallest absolute Gasteiger partial charge is 0.409 e. The molecule has 0 radical (unpaired) electrons. The lowest BCUT2D eigenvalue weighted by Gasteiger charge is -2.39. The minimum atomic E-state index is -0.283. The van der Waals surface area contributed by atoms with Gasteiger partial charge < -0.3 is 19.9 Å². The van der Waals surface area contributed by atoms with Crippen LogP contribution in [-0.2, 0) is 9.53 Å². The Morgan fingerprint density at radius 3 is 2.56 bits per heavy atom. The van der Waals surface area contributed by atoms with Gasteiger partial charge in [-0.3, -0.25) is 9.59 Å². The number of nitrogens with one attached hydrogen (secondary N) is 1. The van der Waals surface area contributed by atoms with Crippen molar-refractivity contribution in [3.8, 4) is 0 Å². The summed E-state index contributed by atoms with van der Waals surface area (Å²) >= 11 is 1.42. The van der Waals surface area contributed by atoms with Crippen LogP contribution >= 0.6 is 11.3 Å². The highest BCUT2D eigenvalue weighted by Crippen LogP contribution is 2.22. The number of nitrogens with zero attached hydrogens (tertiary/aromatic N) is 2. The molecule has 0 atom stereocenters. The maximum Gasteiger partial charge on any atom is 0.409 e. The molecule has 3 heterocycles. The maximum absolute atomic E-state index is 12.3. The number of amides is 3. The summed E-state index contributed by atoms with van der Waals surface area (Å²) in [6.07, 6.45) is 1.18. The molecular formula is C17H23N3O4S. The topological polar surface area (TPSA) is 79.0 Å². The van der Waals surface area contributed by atoms with Gasteiger partial charge in [-0.15, -0.1) is 11.3 Å². The Kier molecular flexibility index (Phi) is 5.57. The van der Waals surface area contributed by atoms with E-state index in [4.69, 9.17) is 4.74 Å². The monoisotopic (exact) mass is 365 g/mol. The van der Waals surface area contributed by atoms with E-state index in [0.29, 0.717) is 37.7 Å². The lowest BCUT2D eigenvalue weighted by Crippen LogP contribution is -2.57. The first-order valence-electron chi connectivity index (χ1n) is 8.63. The van der Waals surface area contributed by atoms with Gasteiger partial charge >= 0.3 is 6.09 Å². The average molecular weight is 365 g/mol. The van der Waals surface area contributed by atoms with E-state index in [9.17, 15) is 14.4 Å². The second kappa shape index (κ2) is 7.86. The zero-order valence-corrected chi connectivity index (χ0v) is 15.1. The largest absolute Gasteiger partial charge is 0.450 e. The summed E-state index contributed by atoms with van der Waals surface area (Å²) in [4.78, 5) is 40.2. The Balaban J connectivity index is 1.38. The molecule has 0 aromatic carbocycles. The van der Waals surface area contributed by atoms with Crippen molar-refractivity contribution in [2.75, 3.05) is 32.8 Å². The third kappa shape index (κ3) is 4.12. The lowest BCUT2D eigenvalue weighted by atomic mass is 9.97. The van der Waals surface area contributed by atoms with Crippen molar-refractivity contribution in [3.63, 3.8) is 0 Å². The molecule has 7 nitrogen and oxygen atoms in total. The van der Waals surface area contributed by atoms with Crippen LogP contribution in [0, 0.1) is 5.92 Å². The van der Waals surface area contributed by atoms with Gasteiger partial charge in [-0.1, -0.05) is 6.07 Å². The second-order valence-electron chi connectivity index (χ2n) is 6.35. The van der Waals surface area contributed by atoms with E-state index in [1.54, 1.807) is 22.8 Å². The molecule has 1 aromatic rings. The van der Waals surface area contributed by atoms with Crippen molar-refractivity contribution in [2.24, 2.45) is 5.92 Å².